The molecule has 226 valence electrons. The summed E-state index contributed by atoms with van der Waals surface area (Å²) in [6.45, 7) is 8.92. The third-order valence-corrected chi connectivity index (χ3v) is 9.96. The fourth-order valence-corrected chi connectivity index (χ4v) is 7.55. The van der Waals surface area contributed by atoms with Gasteiger partial charge in [0, 0.05) is 16.4 Å². The van der Waals surface area contributed by atoms with Gasteiger partial charge in [0.2, 0.25) is 5.88 Å². The molecule has 1 fully saturated rings. The number of nitrogens with zero attached hydrogens (tertiary/aromatic N) is 3. The van der Waals surface area contributed by atoms with Crippen LogP contribution in [0.2, 0.25) is 0 Å². The highest BCUT2D eigenvalue weighted by atomic mass is 32.1. The summed E-state index contributed by atoms with van der Waals surface area (Å²) in [7, 11) is 0. The van der Waals surface area contributed by atoms with Crippen molar-refractivity contribution in [2.75, 3.05) is 14.7 Å². The summed E-state index contributed by atoms with van der Waals surface area (Å²) in [5.41, 5.74) is 7.26. The molecule has 0 saturated carbocycles. The first-order valence-electron chi connectivity index (χ1n) is 15.3. The van der Waals surface area contributed by atoms with E-state index in [0.29, 0.717) is 23.0 Å². The lowest BCUT2D eigenvalue weighted by Crippen LogP contribution is -2.56. The first kappa shape index (κ1) is 28.2. The zero-order valence-electron chi connectivity index (χ0n) is 25.9. The first-order valence-corrected chi connectivity index (χ1v) is 15.7. The van der Waals surface area contributed by atoms with Crippen LogP contribution in [0, 0.1) is 0 Å². The van der Waals surface area contributed by atoms with Crippen molar-refractivity contribution in [2.45, 2.75) is 38.5 Å². The summed E-state index contributed by atoms with van der Waals surface area (Å²) in [5.74, 6) is 0.0985. The zero-order valence-corrected chi connectivity index (χ0v) is 26.8. The second-order valence-corrected chi connectivity index (χ2v) is 13.3. The lowest BCUT2D eigenvalue weighted by atomic mass is 9.67. The maximum absolute atomic E-state index is 14.2. The van der Waals surface area contributed by atoms with E-state index in [0.717, 1.165) is 16.9 Å². The number of carbonyl (C=O) groups is 2. The van der Waals surface area contributed by atoms with Crippen LogP contribution in [0.3, 0.4) is 0 Å². The van der Waals surface area contributed by atoms with Crippen molar-refractivity contribution in [3.8, 4) is 0 Å². The van der Waals surface area contributed by atoms with Crippen molar-refractivity contribution < 1.29 is 14.0 Å². The van der Waals surface area contributed by atoms with Crippen LogP contribution in [0.25, 0.3) is 6.08 Å². The fourth-order valence-electron chi connectivity index (χ4n) is 7.18. The van der Waals surface area contributed by atoms with Gasteiger partial charge in [-0.15, -0.1) is 0 Å². The van der Waals surface area contributed by atoms with E-state index in [-0.39, 0.29) is 16.1 Å². The molecular weight excluding hydrogens is 591 g/mol. The Balaban J connectivity index is 1.32. The van der Waals surface area contributed by atoms with E-state index in [1.807, 2.05) is 48.5 Å². The SMILES string of the molecule is CC1(C)c2ccccc2N2c3oc(C=C4C(=O)N(c5ccccc5)C(=S)N(c5ccccc5)C4=O)cc3C(C)(C)c3cccc1c32. The zero-order chi connectivity index (χ0) is 32.0. The Morgan fingerprint density at radius 1 is 0.609 bits per heavy atom. The molecule has 46 heavy (non-hydrogen) atoms. The quantitative estimate of drug-likeness (QED) is 0.115. The van der Waals surface area contributed by atoms with E-state index in [2.05, 4.69) is 69.0 Å². The van der Waals surface area contributed by atoms with E-state index >= 15 is 0 Å². The number of amides is 2. The Morgan fingerprint density at radius 3 is 1.70 bits per heavy atom. The third kappa shape index (κ3) is 3.85. The molecule has 4 heterocycles. The molecule has 3 aliphatic heterocycles. The largest absolute Gasteiger partial charge is 0.440 e. The molecule has 0 unspecified atom stereocenters. The lowest BCUT2D eigenvalue weighted by Gasteiger charge is -2.47. The number of anilines is 5. The third-order valence-electron chi connectivity index (χ3n) is 9.60. The number of rotatable bonds is 3. The van der Waals surface area contributed by atoms with Crippen molar-refractivity contribution in [3.63, 3.8) is 0 Å². The number of hydrogen-bond donors (Lipinski definition) is 0. The molecular formula is C39H31N3O3S. The molecule has 2 amide bonds. The molecule has 6 nitrogen and oxygen atoms in total. The van der Waals surface area contributed by atoms with Crippen LogP contribution in [0.5, 0.6) is 0 Å². The number of carbonyl (C=O) groups excluding carboxylic acids is 2. The molecule has 7 heteroatoms. The molecule has 0 N–H and O–H groups in total. The van der Waals surface area contributed by atoms with Crippen molar-refractivity contribution in [2.24, 2.45) is 0 Å². The summed E-state index contributed by atoms with van der Waals surface area (Å²) in [4.78, 5) is 33.3. The number of fused-ring (bicyclic) bond motifs is 4. The smallest absolute Gasteiger partial charge is 0.270 e. The van der Waals surface area contributed by atoms with Gasteiger partial charge in [0.05, 0.1) is 22.7 Å². The number of benzene rings is 4. The maximum atomic E-state index is 14.2. The van der Waals surface area contributed by atoms with Crippen molar-refractivity contribution in [3.05, 3.63) is 143 Å². The van der Waals surface area contributed by atoms with Crippen LogP contribution in [0.15, 0.2) is 119 Å². The highest BCUT2D eigenvalue weighted by molar-refractivity contribution is 7.81. The summed E-state index contributed by atoms with van der Waals surface area (Å²) in [6.07, 6.45) is 1.57. The topological polar surface area (TPSA) is 57.0 Å². The Labute approximate surface area is 273 Å². The van der Waals surface area contributed by atoms with Crippen LogP contribution in [0.1, 0.15) is 55.7 Å². The minimum absolute atomic E-state index is 0.0383. The van der Waals surface area contributed by atoms with Crippen LogP contribution in [-0.2, 0) is 20.4 Å². The second kappa shape index (κ2) is 9.86. The highest BCUT2D eigenvalue weighted by Gasteiger charge is 2.47. The predicted molar refractivity (Wildman–Crippen MR) is 186 cm³/mol. The number of furan rings is 1. The summed E-state index contributed by atoms with van der Waals surface area (Å²) >= 11 is 5.78. The van der Waals surface area contributed by atoms with Crippen molar-refractivity contribution in [1.29, 1.82) is 0 Å². The van der Waals surface area contributed by atoms with Gasteiger partial charge < -0.3 is 4.42 Å². The normalized spacial score (nSPS) is 17.4. The molecule has 8 rings (SSSR count). The second-order valence-electron chi connectivity index (χ2n) is 13.0. The van der Waals surface area contributed by atoms with E-state index in [1.54, 1.807) is 30.3 Å². The molecule has 0 spiro atoms. The van der Waals surface area contributed by atoms with Crippen LogP contribution in [0.4, 0.5) is 28.6 Å². The van der Waals surface area contributed by atoms with E-state index in [9.17, 15) is 9.59 Å². The van der Waals surface area contributed by atoms with Crippen LogP contribution in [-0.4, -0.2) is 16.9 Å². The average Bonchev–Trinajstić information content (AvgIpc) is 3.49. The van der Waals surface area contributed by atoms with Crippen LogP contribution < -0.4 is 14.7 Å². The Kier molecular flexibility index (Phi) is 6.05. The lowest BCUT2D eigenvalue weighted by molar-refractivity contribution is -0.120. The minimum atomic E-state index is -0.502. The van der Waals surface area contributed by atoms with Gasteiger partial charge in [-0.1, -0.05) is 100 Å². The van der Waals surface area contributed by atoms with Gasteiger partial charge in [-0.25, -0.2) is 0 Å². The Hall–Kier alpha value is -5.27. The molecule has 1 saturated heterocycles. The molecule has 5 aromatic rings. The summed E-state index contributed by atoms with van der Waals surface area (Å²) in [6, 6.07) is 35.2. The van der Waals surface area contributed by atoms with E-state index in [4.69, 9.17) is 16.6 Å². The number of thiocarbonyl (C=S) groups is 1. The molecule has 0 bridgehead atoms. The van der Waals surface area contributed by atoms with Gasteiger partial charge in [-0.2, -0.15) is 0 Å². The first-order chi connectivity index (χ1) is 22.1. The summed E-state index contributed by atoms with van der Waals surface area (Å²) < 4.78 is 6.70. The van der Waals surface area contributed by atoms with E-state index < -0.39 is 17.2 Å². The Bertz CT molecular complexity index is 2060. The molecule has 4 aromatic carbocycles. The van der Waals surface area contributed by atoms with Crippen molar-refractivity contribution in [1.82, 2.24) is 0 Å². The number of para-hydroxylation sites is 4. The van der Waals surface area contributed by atoms with Gasteiger partial charge >= 0.3 is 0 Å². The maximum Gasteiger partial charge on any atom is 0.270 e. The highest BCUT2D eigenvalue weighted by Crippen LogP contribution is 2.60. The van der Waals surface area contributed by atoms with Gasteiger partial charge in [-0.05, 0) is 71.4 Å². The molecule has 1 aromatic heterocycles. The van der Waals surface area contributed by atoms with E-state index in [1.165, 1.54) is 26.5 Å². The molecule has 0 atom stereocenters. The van der Waals surface area contributed by atoms with Gasteiger partial charge in [0.25, 0.3) is 11.8 Å². The molecule has 0 radical (unpaired) electrons. The van der Waals surface area contributed by atoms with Crippen molar-refractivity contribution >= 4 is 63.9 Å². The standard InChI is InChI=1S/C39H31N3O3S/c1-38(2)28-18-11-12-21-32(28)42-33-29(38)19-13-20-30(33)39(3,4)31-23-26(45-36(31)42)22-27-34(43)40(24-14-7-5-8-15-24)37(46)41(35(27)44)25-16-9-6-10-17-25/h5-23H,1-4H3. The summed E-state index contributed by atoms with van der Waals surface area (Å²) in [5, 5.41) is 0.0972. The van der Waals surface area contributed by atoms with Gasteiger partial charge in [0.15, 0.2) is 5.11 Å². The average molecular weight is 622 g/mol. The van der Waals surface area contributed by atoms with Crippen LogP contribution >= 0.6 is 12.2 Å². The Morgan fingerprint density at radius 2 is 1.11 bits per heavy atom. The number of hydrogen-bond acceptors (Lipinski definition) is 5. The minimum Gasteiger partial charge on any atom is -0.440 e. The predicted octanol–water partition coefficient (Wildman–Crippen LogP) is 8.78. The molecule has 3 aliphatic rings. The molecule has 0 aliphatic carbocycles. The van der Waals surface area contributed by atoms with Gasteiger partial charge in [-0.3, -0.25) is 24.3 Å². The fraction of sp³-hybridized carbons (Fsp3) is 0.154. The van der Waals surface area contributed by atoms with Gasteiger partial charge in [0.1, 0.15) is 11.3 Å². The monoisotopic (exact) mass is 621 g/mol.